The minimum Gasteiger partial charge on any atom is -0.385 e. The fraction of sp³-hybridized carbons (Fsp3) is 0.526. The molecule has 0 unspecified atom stereocenters. The quantitative estimate of drug-likeness (QED) is 0.496. The van der Waals surface area contributed by atoms with Gasteiger partial charge in [-0.3, -0.25) is 14.3 Å². The van der Waals surface area contributed by atoms with Gasteiger partial charge in [-0.2, -0.15) is 0 Å². The van der Waals surface area contributed by atoms with Gasteiger partial charge in [0.05, 0.1) is 5.75 Å². The number of rotatable bonds is 9. The third-order valence-electron chi connectivity index (χ3n) is 4.75. The third kappa shape index (κ3) is 5.70. The number of piperazine rings is 1. The highest BCUT2D eigenvalue weighted by Crippen LogP contribution is 2.16. The van der Waals surface area contributed by atoms with Crippen molar-refractivity contribution in [2.45, 2.75) is 24.7 Å². The van der Waals surface area contributed by atoms with Crippen molar-refractivity contribution in [2.75, 3.05) is 45.6 Å². The number of hydrogen-bond donors (Lipinski definition) is 1. The molecule has 1 aromatic carbocycles. The second-order valence-corrected chi connectivity index (χ2v) is 7.68. The minimum absolute atomic E-state index is 0.0863. The molecule has 1 amide bonds. The highest BCUT2D eigenvalue weighted by atomic mass is 32.2. The Bertz CT molecular complexity index is 799. The van der Waals surface area contributed by atoms with E-state index in [2.05, 4.69) is 39.4 Å². The zero-order chi connectivity index (χ0) is 19.8. The number of carbonyl (C=O) groups excluding carboxylic acids is 1. The molecule has 0 atom stereocenters. The average Bonchev–Trinajstić information content (AvgIpc) is 3.07. The fourth-order valence-electron chi connectivity index (χ4n) is 3.19. The van der Waals surface area contributed by atoms with Gasteiger partial charge in [-0.05, 0) is 12.0 Å². The first-order valence-electron chi connectivity index (χ1n) is 9.48. The molecule has 0 radical (unpaired) electrons. The Morgan fingerprint density at radius 1 is 1.21 bits per heavy atom. The summed E-state index contributed by atoms with van der Waals surface area (Å²) in [4.78, 5) is 28.7. The van der Waals surface area contributed by atoms with E-state index in [0.717, 1.165) is 39.1 Å². The molecule has 152 valence electrons. The van der Waals surface area contributed by atoms with Crippen LogP contribution in [0.4, 0.5) is 0 Å². The number of nitrogens with one attached hydrogen (secondary N) is 1. The maximum Gasteiger partial charge on any atom is 0.343 e. The Morgan fingerprint density at radius 3 is 2.68 bits per heavy atom. The molecule has 1 aliphatic rings. The van der Waals surface area contributed by atoms with Gasteiger partial charge in [0.15, 0.2) is 5.16 Å². The summed E-state index contributed by atoms with van der Waals surface area (Å²) in [7, 11) is 1.63. The van der Waals surface area contributed by atoms with E-state index < -0.39 is 0 Å². The number of nitrogens with zero attached hydrogens (tertiary/aromatic N) is 4. The van der Waals surface area contributed by atoms with Crippen molar-refractivity contribution in [1.82, 2.24) is 24.6 Å². The van der Waals surface area contributed by atoms with E-state index in [9.17, 15) is 9.59 Å². The van der Waals surface area contributed by atoms with Gasteiger partial charge in [-0.25, -0.2) is 9.89 Å². The van der Waals surface area contributed by atoms with Gasteiger partial charge < -0.3 is 9.64 Å². The van der Waals surface area contributed by atoms with E-state index in [1.54, 1.807) is 11.7 Å². The second kappa shape index (κ2) is 10.4. The number of aromatic amines is 1. The molecule has 2 heterocycles. The van der Waals surface area contributed by atoms with Crippen molar-refractivity contribution in [3.63, 3.8) is 0 Å². The van der Waals surface area contributed by atoms with Crippen LogP contribution in [-0.4, -0.2) is 76.1 Å². The van der Waals surface area contributed by atoms with Gasteiger partial charge in [0.25, 0.3) is 0 Å². The Labute approximate surface area is 168 Å². The number of H-pyrrole nitrogens is 1. The summed E-state index contributed by atoms with van der Waals surface area (Å²) in [5.74, 6) is 0.371. The zero-order valence-corrected chi connectivity index (χ0v) is 17.0. The zero-order valence-electron chi connectivity index (χ0n) is 16.2. The van der Waals surface area contributed by atoms with Crippen LogP contribution < -0.4 is 5.69 Å². The number of aromatic nitrogens is 3. The second-order valence-electron chi connectivity index (χ2n) is 6.74. The standard InChI is InChI=1S/C19H27N5O3S/c1-27-13-5-8-24-18(26)20-21-19(24)28-15-17(25)23-11-9-22(10-12-23)14-16-6-3-2-4-7-16/h2-4,6-7H,5,8-15H2,1H3,(H,20,26). The van der Waals surface area contributed by atoms with Crippen molar-refractivity contribution < 1.29 is 9.53 Å². The van der Waals surface area contributed by atoms with Gasteiger partial charge in [0, 0.05) is 53.0 Å². The molecule has 3 rings (SSSR count). The van der Waals surface area contributed by atoms with Crippen LogP contribution in [0.25, 0.3) is 0 Å². The predicted octanol–water partition coefficient (Wildman–Crippen LogP) is 1.04. The number of hydrogen-bond acceptors (Lipinski definition) is 6. The molecule has 28 heavy (non-hydrogen) atoms. The molecular weight excluding hydrogens is 378 g/mol. The summed E-state index contributed by atoms with van der Waals surface area (Å²) in [6, 6.07) is 10.4. The summed E-state index contributed by atoms with van der Waals surface area (Å²) in [6.45, 7) is 5.22. The van der Waals surface area contributed by atoms with Crippen LogP contribution in [0.5, 0.6) is 0 Å². The first kappa shape index (κ1) is 20.6. The summed E-state index contributed by atoms with van der Waals surface area (Å²) in [5, 5.41) is 7.05. The van der Waals surface area contributed by atoms with Crippen LogP contribution in [0.3, 0.4) is 0 Å². The first-order valence-corrected chi connectivity index (χ1v) is 10.5. The van der Waals surface area contributed by atoms with Crippen LogP contribution in [0.2, 0.25) is 0 Å². The number of benzene rings is 1. The van der Waals surface area contributed by atoms with Crippen molar-refractivity contribution >= 4 is 17.7 Å². The van der Waals surface area contributed by atoms with Crippen molar-refractivity contribution in [3.05, 3.63) is 46.4 Å². The Morgan fingerprint density at radius 2 is 1.96 bits per heavy atom. The summed E-state index contributed by atoms with van der Waals surface area (Å²) in [5.41, 5.74) is 1.04. The van der Waals surface area contributed by atoms with E-state index in [0.29, 0.717) is 18.3 Å². The highest BCUT2D eigenvalue weighted by Gasteiger charge is 2.22. The van der Waals surface area contributed by atoms with Gasteiger partial charge >= 0.3 is 5.69 Å². The smallest absolute Gasteiger partial charge is 0.343 e. The Kier molecular flexibility index (Phi) is 7.70. The maximum atomic E-state index is 12.6. The molecule has 1 N–H and O–H groups in total. The van der Waals surface area contributed by atoms with E-state index in [4.69, 9.17) is 4.74 Å². The van der Waals surface area contributed by atoms with E-state index in [1.165, 1.54) is 17.3 Å². The van der Waals surface area contributed by atoms with E-state index in [1.807, 2.05) is 11.0 Å². The molecule has 0 bridgehead atoms. The van der Waals surface area contributed by atoms with Gasteiger partial charge in [-0.1, -0.05) is 42.1 Å². The van der Waals surface area contributed by atoms with Crippen LogP contribution in [-0.2, 0) is 22.6 Å². The number of ether oxygens (including phenoxy) is 1. The first-order chi connectivity index (χ1) is 13.7. The molecule has 0 spiro atoms. The predicted molar refractivity (Wildman–Crippen MR) is 108 cm³/mol. The van der Waals surface area contributed by atoms with Gasteiger partial charge in [-0.15, -0.1) is 5.10 Å². The highest BCUT2D eigenvalue weighted by molar-refractivity contribution is 7.99. The molecule has 1 aliphatic heterocycles. The van der Waals surface area contributed by atoms with E-state index >= 15 is 0 Å². The number of carbonyl (C=O) groups is 1. The molecule has 9 heteroatoms. The molecule has 8 nitrogen and oxygen atoms in total. The summed E-state index contributed by atoms with van der Waals surface area (Å²) in [6.07, 6.45) is 0.723. The average molecular weight is 406 g/mol. The number of methoxy groups -OCH3 is 1. The van der Waals surface area contributed by atoms with Crippen LogP contribution in [0.1, 0.15) is 12.0 Å². The minimum atomic E-state index is -0.249. The SMILES string of the molecule is COCCCn1c(SCC(=O)N2CCN(Cc3ccccc3)CC2)n[nH]c1=O. The van der Waals surface area contributed by atoms with Crippen molar-refractivity contribution in [3.8, 4) is 0 Å². The largest absolute Gasteiger partial charge is 0.385 e. The molecule has 0 saturated carbocycles. The lowest BCUT2D eigenvalue weighted by molar-refractivity contribution is -0.130. The molecule has 1 fully saturated rings. The van der Waals surface area contributed by atoms with Crippen LogP contribution >= 0.6 is 11.8 Å². The number of amides is 1. The summed E-state index contributed by atoms with van der Waals surface area (Å²) >= 11 is 1.31. The van der Waals surface area contributed by atoms with Crippen molar-refractivity contribution in [1.29, 1.82) is 0 Å². The Hall–Kier alpha value is -2.10. The molecule has 1 aromatic heterocycles. The lowest BCUT2D eigenvalue weighted by Crippen LogP contribution is -2.48. The molecule has 0 aliphatic carbocycles. The normalized spacial score (nSPS) is 15.1. The van der Waals surface area contributed by atoms with Crippen LogP contribution in [0.15, 0.2) is 40.3 Å². The van der Waals surface area contributed by atoms with Crippen molar-refractivity contribution in [2.24, 2.45) is 0 Å². The topological polar surface area (TPSA) is 83.5 Å². The third-order valence-corrected chi connectivity index (χ3v) is 5.71. The van der Waals surface area contributed by atoms with Gasteiger partial charge in [0.2, 0.25) is 5.91 Å². The van der Waals surface area contributed by atoms with Gasteiger partial charge in [0.1, 0.15) is 0 Å². The lowest BCUT2D eigenvalue weighted by atomic mass is 10.2. The van der Waals surface area contributed by atoms with E-state index in [-0.39, 0.29) is 17.3 Å². The molecule has 2 aromatic rings. The lowest BCUT2D eigenvalue weighted by Gasteiger charge is -2.34. The Balaban J connectivity index is 1.44. The monoisotopic (exact) mass is 405 g/mol. The molecule has 1 saturated heterocycles. The fourth-order valence-corrected chi connectivity index (χ4v) is 4.07. The molecular formula is C19H27N5O3S. The summed E-state index contributed by atoms with van der Waals surface area (Å²) < 4.78 is 6.59. The maximum absolute atomic E-state index is 12.6. The number of thioether (sulfide) groups is 1. The van der Waals surface area contributed by atoms with Crippen LogP contribution in [0, 0.1) is 0 Å².